The van der Waals surface area contributed by atoms with Crippen molar-refractivity contribution >= 4 is 23.0 Å². The van der Waals surface area contributed by atoms with Gasteiger partial charge in [0, 0.05) is 16.6 Å². The van der Waals surface area contributed by atoms with E-state index in [0.29, 0.717) is 18.8 Å². The first-order valence-electron chi connectivity index (χ1n) is 7.87. The second-order valence-corrected chi connectivity index (χ2v) is 5.54. The Morgan fingerprint density at radius 1 is 1.29 bits per heavy atom. The first-order chi connectivity index (χ1) is 11.7. The summed E-state index contributed by atoms with van der Waals surface area (Å²) in [5.41, 5.74) is 4.58. The molecule has 0 spiro atoms. The summed E-state index contributed by atoms with van der Waals surface area (Å²) in [5, 5.41) is 8.46. The third kappa shape index (κ3) is 2.82. The Morgan fingerprint density at radius 3 is 2.83 bits per heavy atom. The minimum absolute atomic E-state index is 0.553. The molecule has 6 nitrogen and oxygen atoms in total. The van der Waals surface area contributed by atoms with Crippen molar-refractivity contribution in [3.8, 4) is 5.88 Å². The highest BCUT2D eigenvalue weighted by Gasteiger charge is 2.15. The van der Waals surface area contributed by atoms with Gasteiger partial charge in [-0.1, -0.05) is 13.0 Å². The highest BCUT2D eigenvalue weighted by Crippen LogP contribution is 2.28. The van der Waals surface area contributed by atoms with E-state index in [1.165, 1.54) is 0 Å². The Morgan fingerprint density at radius 2 is 2.12 bits per heavy atom. The summed E-state index contributed by atoms with van der Waals surface area (Å²) in [7, 11) is 1.62. The highest BCUT2D eigenvalue weighted by atomic mass is 16.5. The second-order valence-electron chi connectivity index (χ2n) is 5.54. The number of pyridine rings is 1. The number of amides is 1. The molecule has 0 aliphatic heterocycles. The third-order valence-corrected chi connectivity index (χ3v) is 3.99. The molecule has 1 aromatic carbocycles. The number of carbonyl (C=O) groups is 1. The van der Waals surface area contributed by atoms with Crippen molar-refractivity contribution in [2.24, 2.45) is 0 Å². The maximum Gasteiger partial charge on any atom is 0.218 e. The van der Waals surface area contributed by atoms with Gasteiger partial charge in [0.2, 0.25) is 12.3 Å². The molecule has 24 heavy (non-hydrogen) atoms. The number of rotatable bonds is 6. The van der Waals surface area contributed by atoms with Crippen LogP contribution in [0.1, 0.15) is 23.9 Å². The van der Waals surface area contributed by atoms with E-state index in [4.69, 9.17) is 9.84 Å². The van der Waals surface area contributed by atoms with E-state index in [1.54, 1.807) is 7.11 Å². The van der Waals surface area contributed by atoms with Crippen molar-refractivity contribution in [3.63, 3.8) is 0 Å². The van der Waals surface area contributed by atoms with Crippen molar-refractivity contribution in [1.29, 1.82) is 0 Å². The van der Waals surface area contributed by atoms with Gasteiger partial charge in [0.15, 0.2) is 0 Å². The molecule has 2 aromatic heterocycles. The van der Waals surface area contributed by atoms with E-state index in [1.807, 2.05) is 41.9 Å². The number of aryl methyl sites for hydroxylation is 2. The van der Waals surface area contributed by atoms with Gasteiger partial charge in [0.25, 0.3) is 0 Å². The van der Waals surface area contributed by atoms with E-state index in [0.717, 1.165) is 40.0 Å². The van der Waals surface area contributed by atoms with Crippen molar-refractivity contribution in [1.82, 2.24) is 14.8 Å². The molecule has 0 fully saturated rings. The fraction of sp³-hybridized carbons (Fsp3) is 0.278. The largest absolute Gasteiger partial charge is 0.481 e. The zero-order valence-electron chi connectivity index (χ0n) is 14.0. The Hall–Kier alpha value is -2.89. The fourth-order valence-corrected chi connectivity index (χ4v) is 2.88. The molecule has 0 saturated heterocycles. The molecule has 3 rings (SSSR count). The number of ether oxygens (including phenoxy) is 1. The van der Waals surface area contributed by atoms with Crippen molar-refractivity contribution in [2.45, 2.75) is 26.8 Å². The predicted molar refractivity (Wildman–Crippen MR) is 93.4 cm³/mol. The number of hydrogen-bond acceptors (Lipinski definition) is 4. The minimum Gasteiger partial charge on any atom is -0.481 e. The first-order valence-corrected chi connectivity index (χ1v) is 7.87. The van der Waals surface area contributed by atoms with Crippen LogP contribution in [0.3, 0.4) is 0 Å². The number of nitrogens with zero attached hydrogens (tertiary/aromatic N) is 3. The number of carbonyl (C=O) groups excluding carboxylic acids is 1. The topological polar surface area (TPSA) is 69.0 Å². The molecular formula is C18H20N4O2. The molecule has 3 aromatic rings. The van der Waals surface area contributed by atoms with Gasteiger partial charge in [-0.25, -0.2) is 4.98 Å². The van der Waals surface area contributed by atoms with Gasteiger partial charge in [-0.2, -0.15) is 5.10 Å². The summed E-state index contributed by atoms with van der Waals surface area (Å²) in [6, 6.07) is 9.77. The van der Waals surface area contributed by atoms with Gasteiger partial charge in [0.1, 0.15) is 0 Å². The van der Waals surface area contributed by atoms with Crippen LogP contribution in [0.2, 0.25) is 0 Å². The lowest BCUT2D eigenvalue weighted by atomic mass is 10.1. The van der Waals surface area contributed by atoms with Gasteiger partial charge in [-0.3, -0.25) is 9.48 Å². The SMILES string of the molecule is CCc1nn(Cc2ccc(C)nc2OC)c2cccc(NC=O)c12. The second kappa shape index (κ2) is 6.70. The standard InChI is InChI=1S/C18H20N4O2/c1-4-14-17-15(19-11-23)6-5-7-16(17)22(21-14)10-13-9-8-12(2)20-18(13)24-3/h5-9,11H,4,10H2,1-3H3,(H,19,23). The maximum absolute atomic E-state index is 10.9. The Labute approximate surface area is 140 Å². The van der Waals surface area contributed by atoms with Gasteiger partial charge < -0.3 is 10.1 Å². The lowest BCUT2D eigenvalue weighted by molar-refractivity contribution is -0.105. The van der Waals surface area contributed by atoms with Crippen LogP contribution in [-0.4, -0.2) is 28.3 Å². The number of hydrogen-bond donors (Lipinski definition) is 1. The van der Waals surface area contributed by atoms with Crippen LogP contribution in [0.15, 0.2) is 30.3 Å². The van der Waals surface area contributed by atoms with Gasteiger partial charge >= 0.3 is 0 Å². The van der Waals surface area contributed by atoms with E-state index in [2.05, 4.69) is 17.2 Å². The first kappa shape index (κ1) is 16.0. The molecule has 0 saturated carbocycles. The Bertz CT molecular complexity index is 886. The van der Waals surface area contributed by atoms with Crippen molar-refractivity contribution in [2.75, 3.05) is 12.4 Å². The lowest BCUT2D eigenvalue weighted by Gasteiger charge is -2.09. The van der Waals surface area contributed by atoms with Crippen LogP contribution >= 0.6 is 0 Å². The normalized spacial score (nSPS) is 10.8. The molecule has 0 bridgehead atoms. The summed E-state index contributed by atoms with van der Waals surface area (Å²) < 4.78 is 7.32. The fourth-order valence-electron chi connectivity index (χ4n) is 2.88. The number of fused-ring (bicyclic) bond motifs is 1. The van der Waals surface area contributed by atoms with Gasteiger partial charge in [0.05, 0.1) is 30.6 Å². The highest BCUT2D eigenvalue weighted by molar-refractivity contribution is 5.97. The van der Waals surface area contributed by atoms with E-state index in [-0.39, 0.29) is 0 Å². The zero-order chi connectivity index (χ0) is 17.1. The molecule has 0 radical (unpaired) electrons. The summed E-state index contributed by atoms with van der Waals surface area (Å²) >= 11 is 0. The number of methoxy groups -OCH3 is 1. The van der Waals surface area contributed by atoms with Crippen molar-refractivity contribution < 1.29 is 9.53 Å². The smallest absolute Gasteiger partial charge is 0.218 e. The van der Waals surface area contributed by atoms with E-state index in [9.17, 15) is 4.79 Å². The molecule has 0 unspecified atom stereocenters. The maximum atomic E-state index is 10.9. The van der Waals surface area contributed by atoms with Gasteiger partial charge in [-0.05, 0) is 37.6 Å². The van der Waals surface area contributed by atoms with Crippen LogP contribution in [0, 0.1) is 6.92 Å². The van der Waals surface area contributed by atoms with Crippen LogP contribution < -0.4 is 10.1 Å². The number of aromatic nitrogens is 3. The number of benzene rings is 1. The van der Waals surface area contributed by atoms with Crippen LogP contribution in [0.5, 0.6) is 5.88 Å². The quantitative estimate of drug-likeness (QED) is 0.708. The molecule has 0 aliphatic rings. The van der Waals surface area contributed by atoms with Crippen LogP contribution in [-0.2, 0) is 17.8 Å². The van der Waals surface area contributed by atoms with E-state index < -0.39 is 0 Å². The summed E-state index contributed by atoms with van der Waals surface area (Å²) in [4.78, 5) is 15.3. The molecule has 1 amide bonds. The van der Waals surface area contributed by atoms with Crippen LogP contribution in [0.25, 0.3) is 10.9 Å². The minimum atomic E-state index is 0.553. The Kier molecular flexibility index (Phi) is 4.46. The average molecular weight is 324 g/mol. The average Bonchev–Trinajstić information content (AvgIpc) is 2.95. The number of anilines is 1. The monoisotopic (exact) mass is 324 g/mol. The summed E-state index contributed by atoms with van der Waals surface area (Å²) in [6.07, 6.45) is 1.48. The van der Waals surface area contributed by atoms with Gasteiger partial charge in [-0.15, -0.1) is 0 Å². The molecule has 0 atom stereocenters. The van der Waals surface area contributed by atoms with Crippen molar-refractivity contribution in [3.05, 3.63) is 47.3 Å². The lowest BCUT2D eigenvalue weighted by Crippen LogP contribution is -2.05. The predicted octanol–water partition coefficient (Wildman–Crippen LogP) is 2.93. The third-order valence-electron chi connectivity index (χ3n) is 3.99. The zero-order valence-corrected chi connectivity index (χ0v) is 14.0. The molecule has 2 heterocycles. The summed E-state index contributed by atoms with van der Waals surface area (Å²) in [6.45, 7) is 4.54. The molecule has 6 heteroatoms. The Balaban J connectivity index is 2.11. The molecule has 1 N–H and O–H groups in total. The molecular weight excluding hydrogens is 304 g/mol. The van der Waals surface area contributed by atoms with Crippen LogP contribution in [0.4, 0.5) is 5.69 Å². The summed E-state index contributed by atoms with van der Waals surface area (Å²) in [5.74, 6) is 0.610. The molecule has 124 valence electrons. The molecule has 0 aliphatic carbocycles. The number of nitrogens with one attached hydrogen (secondary N) is 1. The van der Waals surface area contributed by atoms with E-state index >= 15 is 0 Å².